The van der Waals surface area contributed by atoms with Gasteiger partial charge in [-0.05, 0) is 11.6 Å². The molecule has 2 heterocycles. The molecular formula is C14H14N2O2. The van der Waals surface area contributed by atoms with E-state index in [1.165, 1.54) is 0 Å². The van der Waals surface area contributed by atoms with E-state index in [0.29, 0.717) is 13.1 Å². The lowest BCUT2D eigenvalue weighted by molar-refractivity contribution is -0.141. The smallest absolute Gasteiger partial charge is 0.308 e. The second-order valence-electron chi connectivity index (χ2n) is 4.63. The Balaban J connectivity index is 2.11. The quantitative estimate of drug-likeness (QED) is 0.840. The molecule has 1 aliphatic rings. The van der Waals surface area contributed by atoms with Gasteiger partial charge in [0.25, 0.3) is 0 Å². The van der Waals surface area contributed by atoms with Crippen LogP contribution in [0.5, 0.6) is 0 Å². The summed E-state index contributed by atoms with van der Waals surface area (Å²) >= 11 is 0. The van der Waals surface area contributed by atoms with E-state index in [0.717, 1.165) is 16.5 Å². The predicted octanol–water partition coefficient (Wildman–Crippen LogP) is 1.62. The number of carboxylic acid groups (broad SMARTS) is 1. The van der Waals surface area contributed by atoms with Crippen molar-refractivity contribution in [3.63, 3.8) is 0 Å². The van der Waals surface area contributed by atoms with Gasteiger partial charge in [0.1, 0.15) is 0 Å². The lowest BCUT2D eigenvalue weighted by atomic mass is 9.87. The summed E-state index contributed by atoms with van der Waals surface area (Å²) in [6.45, 7) is 1.23. The standard InChI is InChI=1S/C14H14N2O2/c17-14(18)12-8-15-7-11(12)10-5-1-3-9-4-2-6-16-13(9)10/h1-6,11-12,15H,7-8H2,(H,17,18). The molecule has 0 aliphatic carbocycles. The van der Waals surface area contributed by atoms with E-state index in [9.17, 15) is 9.90 Å². The third kappa shape index (κ3) is 1.75. The maximum atomic E-state index is 11.3. The van der Waals surface area contributed by atoms with Crippen LogP contribution in [0.2, 0.25) is 0 Å². The van der Waals surface area contributed by atoms with E-state index in [2.05, 4.69) is 10.3 Å². The first-order valence-corrected chi connectivity index (χ1v) is 6.04. The van der Waals surface area contributed by atoms with Gasteiger partial charge in [-0.15, -0.1) is 0 Å². The maximum Gasteiger partial charge on any atom is 0.308 e. The predicted molar refractivity (Wildman–Crippen MR) is 68.5 cm³/mol. The van der Waals surface area contributed by atoms with Crippen molar-refractivity contribution in [3.8, 4) is 0 Å². The normalized spacial score (nSPS) is 23.3. The molecule has 0 amide bonds. The largest absolute Gasteiger partial charge is 0.481 e. The highest BCUT2D eigenvalue weighted by Gasteiger charge is 2.34. The van der Waals surface area contributed by atoms with Crippen molar-refractivity contribution in [2.45, 2.75) is 5.92 Å². The van der Waals surface area contributed by atoms with Crippen molar-refractivity contribution >= 4 is 16.9 Å². The number of carbonyl (C=O) groups is 1. The van der Waals surface area contributed by atoms with Gasteiger partial charge < -0.3 is 10.4 Å². The Morgan fingerprint density at radius 3 is 2.94 bits per heavy atom. The highest BCUT2D eigenvalue weighted by molar-refractivity contribution is 5.83. The van der Waals surface area contributed by atoms with Crippen molar-refractivity contribution in [3.05, 3.63) is 42.1 Å². The van der Waals surface area contributed by atoms with E-state index in [1.54, 1.807) is 6.20 Å². The minimum Gasteiger partial charge on any atom is -0.481 e. The summed E-state index contributed by atoms with van der Waals surface area (Å²) in [5, 5.41) is 13.5. The molecular weight excluding hydrogens is 228 g/mol. The molecule has 0 radical (unpaired) electrons. The number of aliphatic carboxylic acids is 1. The molecule has 1 aliphatic heterocycles. The molecule has 0 spiro atoms. The maximum absolute atomic E-state index is 11.3. The van der Waals surface area contributed by atoms with Crippen LogP contribution in [-0.4, -0.2) is 29.1 Å². The Morgan fingerprint density at radius 2 is 2.11 bits per heavy atom. The first-order chi connectivity index (χ1) is 8.77. The van der Waals surface area contributed by atoms with Crippen molar-refractivity contribution in [2.24, 2.45) is 5.92 Å². The third-order valence-electron chi connectivity index (χ3n) is 3.59. The first kappa shape index (κ1) is 11.2. The van der Waals surface area contributed by atoms with Gasteiger partial charge in [0.05, 0.1) is 11.4 Å². The van der Waals surface area contributed by atoms with Crippen LogP contribution in [0.25, 0.3) is 10.9 Å². The van der Waals surface area contributed by atoms with Crippen LogP contribution in [0.15, 0.2) is 36.5 Å². The molecule has 92 valence electrons. The molecule has 1 fully saturated rings. The Labute approximate surface area is 105 Å². The number of pyridine rings is 1. The molecule has 1 aromatic heterocycles. The van der Waals surface area contributed by atoms with Crippen molar-refractivity contribution in [1.82, 2.24) is 10.3 Å². The zero-order valence-corrected chi connectivity index (χ0v) is 9.84. The Kier molecular flexibility index (Phi) is 2.72. The van der Waals surface area contributed by atoms with E-state index in [-0.39, 0.29) is 11.8 Å². The van der Waals surface area contributed by atoms with E-state index in [4.69, 9.17) is 0 Å². The van der Waals surface area contributed by atoms with Gasteiger partial charge >= 0.3 is 5.97 Å². The summed E-state index contributed by atoms with van der Waals surface area (Å²) in [4.78, 5) is 15.7. The third-order valence-corrected chi connectivity index (χ3v) is 3.59. The molecule has 2 unspecified atom stereocenters. The average molecular weight is 242 g/mol. The van der Waals surface area contributed by atoms with Crippen molar-refractivity contribution in [2.75, 3.05) is 13.1 Å². The molecule has 0 bridgehead atoms. The number of hydrogen-bond donors (Lipinski definition) is 2. The monoisotopic (exact) mass is 242 g/mol. The molecule has 2 N–H and O–H groups in total. The second-order valence-corrected chi connectivity index (χ2v) is 4.63. The van der Waals surface area contributed by atoms with Crippen LogP contribution in [0, 0.1) is 5.92 Å². The van der Waals surface area contributed by atoms with Gasteiger partial charge in [0, 0.05) is 30.6 Å². The van der Waals surface area contributed by atoms with E-state index >= 15 is 0 Å². The summed E-state index contributed by atoms with van der Waals surface area (Å²) in [6.07, 6.45) is 1.75. The first-order valence-electron chi connectivity index (χ1n) is 6.04. The Hall–Kier alpha value is -1.94. The van der Waals surface area contributed by atoms with Crippen molar-refractivity contribution < 1.29 is 9.90 Å². The number of carboxylic acids is 1. The fraction of sp³-hybridized carbons (Fsp3) is 0.286. The van der Waals surface area contributed by atoms with Gasteiger partial charge in [0.2, 0.25) is 0 Å². The van der Waals surface area contributed by atoms with Gasteiger partial charge in [-0.2, -0.15) is 0 Å². The van der Waals surface area contributed by atoms with Gasteiger partial charge in [-0.3, -0.25) is 9.78 Å². The highest BCUT2D eigenvalue weighted by Crippen LogP contribution is 2.32. The molecule has 2 aromatic rings. The zero-order valence-electron chi connectivity index (χ0n) is 9.84. The summed E-state index contributed by atoms with van der Waals surface area (Å²) < 4.78 is 0. The van der Waals surface area contributed by atoms with Crippen LogP contribution in [0.3, 0.4) is 0 Å². The SMILES string of the molecule is O=C(O)C1CNCC1c1cccc2cccnc12. The van der Waals surface area contributed by atoms with Crippen LogP contribution >= 0.6 is 0 Å². The van der Waals surface area contributed by atoms with Crippen LogP contribution in [0.4, 0.5) is 0 Å². The molecule has 1 saturated heterocycles. The number of benzene rings is 1. The van der Waals surface area contributed by atoms with Gasteiger partial charge in [0.15, 0.2) is 0 Å². The number of fused-ring (bicyclic) bond motifs is 1. The summed E-state index contributed by atoms with van der Waals surface area (Å²) in [7, 11) is 0. The fourth-order valence-electron chi connectivity index (χ4n) is 2.69. The zero-order chi connectivity index (χ0) is 12.5. The lowest BCUT2D eigenvalue weighted by Gasteiger charge is -2.16. The van der Waals surface area contributed by atoms with Crippen LogP contribution in [0.1, 0.15) is 11.5 Å². The number of aromatic nitrogens is 1. The van der Waals surface area contributed by atoms with Crippen LogP contribution < -0.4 is 5.32 Å². The fourth-order valence-corrected chi connectivity index (χ4v) is 2.69. The number of hydrogen-bond acceptors (Lipinski definition) is 3. The molecule has 4 nitrogen and oxygen atoms in total. The van der Waals surface area contributed by atoms with Crippen LogP contribution in [-0.2, 0) is 4.79 Å². The second kappa shape index (κ2) is 4.38. The molecule has 1 aromatic carbocycles. The Bertz CT molecular complexity index is 592. The number of rotatable bonds is 2. The summed E-state index contributed by atoms with van der Waals surface area (Å²) in [5.74, 6) is -1.10. The number of nitrogens with one attached hydrogen (secondary N) is 1. The van der Waals surface area contributed by atoms with Gasteiger partial charge in [-0.1, -0.05) is 24.3 Å². The molecule has 3 rings (SSSR count). The topological polar surface area (TPSA) is 62.2 Å². The minimum atomic E-state index is -0.738. The van der Waals surface area contributed by atoms with E-state index in [1.807, 2.05) is 30.3 Å². The number of nitrogens with zero attached hydrogens (tertiary/aromatic N) is 1. The lowest BCUT2D eigenvalue weighted by Crippen LogP contribution is -2.21. The summed E-state index contributed by atoms with van der Waals surface area (Å²) in [6, 6.07) is 9.86. The molecule has 0 saturated carbocycles. The minimum absolute atomic E-state index is 0.00102. The average Bonchev–Trinajstić information content (AvgIpc) is 2.87. The highest BCUT2D eigenvalue weighted by atomic mass is 16.4. The van der Waals surface area contributed by atoms with Gasteiger partial charge in [-0.25, -0.2) is 0 Å². The van der Waals surface area contributed by atoms with E-state index < -0.39 is 5.97 Å². The molecule has 18 heavy (non-hydrogen) atoms. The molecule has 4 heteroatoms. The number of para-hydroxylation sites is 1. The Morgan fingerprint density at radius 1 is 1.28 bits per heavy atom. The molecule has 2 atom stereocenters. The van der Waals surface area contributed by atoms with Crippen molar-refractivity contribution in [1.29, 1.82) is 0 Å². The summed E-state index contributed by atoms with van der Waals surface area (Å²) in [5.41, 5.74) is 1.95.